The molecule has 0 unspecified atom stereocenters. The van der Waals surface area contributed by atoms with E-state index in [4.69, 9.17) is 0 Å². The van der Waals surface area contributed by atoms with Gasteiger partial charge >= 0.3 is 0 Å². The Bertz CT molecular complexity index is 436. The Morgan fingerprint density at radius 2 is 1.60 bits per heavy atom. The summed E-state index contributed by atoms with van der Waals surface area (Å²) in [6, 6.07) is 4.18. The first-order valence-corrected chi connectivity index (χ1v) is 7.67. The van der Waals surface area contributed by atoms with E-state index in [1.54, 1.807) is 0 Å². The molecular formula is C17H28BrNO. The van der Waals surface area contributed by atoms with Gasteiger partial charge in [0.1, 0.15) is 0 Å². The van der Waals surface area contributed by atoms with E-state index < -0.39 is 0 Å². The van der Waals surface area contributed by atoms with E-state index in [2.05, 4.69) is 68.0 Å². The van der Waals surface area contributed by atoms with Crippen LogP contribution in [0.25, 0.3) is 0 Å². The molecule has 1 rings (SSSR count). The minimum atomic E-state index is 0. The number of amides is 1. The van der Waals surface area contributed by atoms with Crippen LogP contribution in [0.2, 0.25) is 0 Å². The van der Waals surface area contributed by atoms with Gasteiger partial charge in [-0.05, 0) is 41.5 Å². The summed E-state index contributed by atoms with van der Waals surface area (Å²) in [6.07, 6.45) is 2.37. The molecule has 0 fully saturated rings. The summed E-state index contributed by atoms with van der Waals surface area (Å²) >= 11 is 3.53. The lowest BCUT2D eigenvalue weighted by molar-refractivity contribution is -0.117. The highest BCUT2D eigenvalue weighted by atomic mass is 79.9. The molecule has 0 atom stereocenters. The second-order valence-electron chi connectivity index (χ2n) is 6.09. The molecule has 0 aliphatic carbocycles. The van der Waals surface area contributed by atoms with Crippen molar-refractivity contribution in [2.45, 2.75) is 61.3 Å². The standard InChI is InChI=1S/C16H24BrNO.CH4/c1-6-11-8-13(17)9-12(7-2)15(11)18-14(19)10-16(3,4)5;/h8-9H,6-7,10H2,1-5H3,(H,18,19);1H4. The maximum atomic E-state index is 12.1. The summed E-state index contributed by atoms with van der Waals surface area (Å²) in [7, 11) is 0. The van der Waals surface area contributed by atoms with Crippen molar-refractivity contribution in [3.05, 3.63) is 27.7 Å². The molecule has 2 nitrogen and oxygen atoms in total. The van der Waals surface area contributed by atoms with Crippen LogP contribution in [0.4, 0.5) is 5.69 Å². The van der Waals surface area contributed by atoms with Gasteiger partial charge in [0.25, 0.3) is 0 Å². The lowest BCUT2D eigenvalue weighted by Crippen LogP contribution is -2.21. The summed E-state index contributed by atoms with van der Waals surface area (Å²) in [5.74, 6) is 0.0965. The SMILES string of the molecule is C.CCc1cc(Br)cc(CC)c1NC(=O)CC(C)(C)C. The number of benzene rings is 1. The summed E-state index contributed by atoms with van der Waals surface area (Å²) in [5, 5.41) is 3.10. The minimum absolute atomic E-state index is 0. The van der Waals surface area contributed by atoms with Gasteiger partial charge < -0.3 is 5.32 Å². The number of anilines is 1. The van der Waals surface area contributed by atoms with Crippen LogP contribution in [-0.2, 0) is 17.6 Å². The highest BCUT2D eigenvalue weighted by Crippen LogP contribution is 2.28. The molecule has 0 heterocycles. The fourth-order valence-electron chi connectivity index (χ4n) is 2.11. The van der Waals surface area contributed by atoms with Crippen LogP contribution in [0.5, 0.6) is 0 Å². The molecule has 1 aromatic carbocycles. The third-order valence-electron chi connectivity index (χ3n) is 2.98. The topological polar surface area (TPSA) is 29.1 Å². The van der Waals surface area contributed by atoms with Crippen molar-refractivity contribution in [2.24, 2.45) is 5.41 Å². The van der Waals surface area contributed by atoms with Gasteiger partial charge in [-0.2, -0.15) is 0 Å². The minimum Gasteiger partial charge on any atom is -0.326 e. The maximum absolute atomic E-state index is 12.1. The number of carbonyl (C=O) groups is 1. The van der Waals surface area contributed by atoms with E-state index >= 15 is 0 Å². The van der Waals surface area contributed by atoms with Crippen LogP contribution in [0.3, 0.4) is 0 Å². The number of hydrogen-bond acceptors (Lipinski definition) is 1. The Balaban J connectivity index is 0.00000361. The normalized spacial score (nSPS) is 10.9. The first-order chi connectivity index (χ1) is 8.76. The van der Waals surface area contributed by atoms with Crippen molar-refractivity contribution < 1.29 is 4.79 Å². The van der Waals surface area contributed by atoms with E-state index in [9.17, 15) is 4.79 Å². The van der Waals surface area contributed by atoms with Crippen LogP contribution in [0.15, 0.2) is 16.6 Å². The molecule has 0 saturated heterocycles. The van der Waals surface area contributed by atoms with E-state index in [-0.39, 0.29) is 18.7 Å². The van der Waals surface area contributed by atoms with Crippen molar-refractivity contribution >= 4 is 27.5 Å². The Morgan fingerprint density at radius 3 is 1.95 bits per heavy atom. The summed E-state index contributed by atoms with van der Waals surface area (Å²) in [4.78, 5) is 12.1. The van der Waals surface area contributed by atoms with Crippen molar-refractivity contribution in [1.29, 1.82) is 0 Å². The number of halogens is 1. The molecule has 20 heavy (non-hydrogen) atoms. The van der Waals surface area contributed by atoms with Crippen LogP contribution >= 0.6 is 15.9 Å². The second-order valence-corrected chi connectivity index (χ2v) is 7.01. The van der Waals surface area contributed by atoms with Crippen LogP contribution in [-0.4, -0.2) is 5.91 Å². The highest BCUT2D eigenvalue weighted by molar-refractivity contribution is 9.10. The van der Waals surface area contributed by atoms with Gasteiger partial charge in [-0.25, -0.2) is 0 Å². The van der Waals surface area contributed by atoms with Crippen molar-refractivity contribution in [1.82, 2.24) is 0 Å². The van der Waals surface area contributed by atoms with Gasteiger partial charge in [0.2, 0.25) is 5.91 Å². The molecule has 0 radical (unpaired) electrons. The van der Waals surface area contributed by atoms with Crippen molar-refractivity contribution in [2.75, 3.05) is 5.32 Å². The molecule has 0 saturated carbocycles. The fourth-order valence-corrected chi connectivity index (χ4v) is 2.66. The van der Waals surface area contributed by atoms with E-state index in [0.29, 0.717) is 6.42 Å². The zero-order valence-electron chi connectivity index (χ0n) is 12.6. The Labute approximate surface area is 132 Å². The van der Waals surface area contributed by atoms with Gasteiger partial charge in [-0.1, -0.05) is 58.0 Å². The molecule has 0 aliphatic rings. The van der Waals surface area contributed by atoms with E-state index in [0.717, 1.165) is 23.0 Å². The molecule has 0 bridgehead atoms. The number of aryl methyl sites for hydroxylation is 2. The third-order valence-corrected chi connectivity index (χ3v) is 3.44. The molecule has 0 aromatic heterocycles. The fraction of sp³-hybridized carbons (Fsp3) is 0.588. The first-order valence-electron chi connectivity index (χ1n) is 6.88. The van der Waals surface area contributed by atoms with Crippen LogP contribution in [0.1, 0.15) is 59.6 Å². The van der Waals surface area contributed by atoms with Gasteiger partial charge in [-0.3, -0.25) is 4.79 Å². The average Bonchev–Trinajstić information content (AvgIpc) is 2.28. The second kappa shape index (κ2) is 7.82. The number of nitrogens with one attached hydrogen (secondary N) is 1. The zero-order valence-corrected chi connectivity index (χ0v) is 14.1. The van der Waals surface area contributed by atoms with Crippen LogP contribution < -0.4 is 5.32 Å². The van der Waals surface area contributed by atoms with E-state index in [1.165, 1.54) is 11.1 Å². The van der Waals surface area contributed by atoms with Gasteiger partial charge in [0.15, 0.2) is 0 Å². The largest absolute Gasteiger partial charge is 0.326 e. The monoisotopic (exact) mass is 341 g/mol. The molecule has 1 N–H and O–H groups in total. The average molecular weight is 342 g/mol. The maximum Gasteiger partial charge on any atom is 0.224 e. The smallest absolute Gasteiger partial charge is 0.224 e. The Hall–Kier alpha value is -0.830. The van der Waals surface area contributed by atoms with Crippen molar-refractivity contribution in [3.63, 3.8) is 0 Å². The van der Waals surface area contributed by atoms with Crippen molar-refractivity contribution in [3.8, 4) is 0 Å². The molecule has 3 heteroatoms. The zero-order chi connectivity index (χ0) is 14.6. The number of rotatable bonds is 4. The summed E-state index contributed by atoms with van der Waals surface area (Å²) in [5.41, 5.74) is 3.39. The summed E-state index contributed by atoms with van der Waals surface area (Å²) < 4.78 is 1.08. The van der Waals surface area contributed by atoms with Gasteiger partial charge in [0.05, 0.1) is 0 Å². The Morgan fingerprint density at radius 1 is 1.15 bits per heavy atom. The van der Waals surface area contributed by atoms with Crippen LogP contribution in [0, 0.1) is 5.41 Å². The molecule has 1 aromatic rings. The number of carbonyl (C=O) groups excluding carboxylic acids is 1. The molecule has 114 valence electrons. The summed E-state index contributed by atoms with van der Waals surface area (Å²) in [6.45, 7) is 10.5. The highest BCUT2D eigenvalue weighted by Gasteiger charge is 2.18. The molecule has 0 spiro atoms. The van der Waals surface area contributed by atoms with Gasteiger partial charge in [-0.15, -0.1) is 0 Å². The molecular weight excluding hydrogens is 314 g/mol. The van der Waals surface area contributed by atoms with Gasteiger partial charge in [0, 0.05) is 16.6 Å². The van der Waals surface area contributed by atoms with E-state index in [1.807, 2.05) is 0 Å². The Kier molecular flexibility index (Phi) is 7.50. The predicted molar refractivity (Wildman–Crippen MR) is 92.3 cm³/mol. The lowest BCUT2D eigenvalue weighted by atomic mass is 9.91. The molecule has 0 aliphatic heterocycles. The number of hydrogen-bond donors (Lipinski definition) is 1. The third kappa shape index (κ3) is 5.66. The first kappa shape index (κ1) is 19.2. The molecule has 1 amide bonds. The predicted octanol–water partition coefficient (Wildman–Crippen LogP) is 5.58. The lowest BCUT2D eigenvalue weighted by Gasteiger charge is -2.20. The quantitative estimate of drug-likeness (QED) is 0.760.